The lowest BCUT2D eigenvalue weighted by Crippen LogP contribution is -2.29. The van der Waals surface area contributed by atoms with Gasteiger partial charge in [-0.1, -0.05) is 30.7 Å². The number of carbonyl (C=O) groups excluding carboxylic acids is 1. The van der Waals surface area contributed by atoms with Gasteiger partial charge in [-0.25, -0.2) is 0 Å². The molecule has 0 radical (unpaired) electrons. The van der Waals surface area contributed by atoms with Gasteiger partial charge in [0.25, 0.3) is 5.91 Å². The molecule has 164 valence electrons. The highest BCUT2D eigenvalue weighted by molar-refractivity contribution is 6.31. The van der Waals surface area contributed by atoms with Gasteiger partial charge in [0, 0.05) is 28.4 Å². The Morgan fingerprint density at radius 2 is 1.93 bits per heavy atom. The summed E-state index contributed by atoms with van der Waals surface area (Å²) in [6.07, 6.45) is 2.37. The van der Waals surface area contributed by atoms with Crippen LogP contribution in [0.3, 0.4) is 0 Å². The number of nitrogens with one attached hydrogen (secondary N) is 1. The second kappa shape index (κ2) is 10.7. The zero-order valence-electron chi connectivity index (χ0n) is 17.1. The Hall–Kier alpha value is -2.25. The number of hydrogen-bond acceptors (Lipinski definition) is 3. The number of piperidine rings is 1. The van der Waals surface area contributed by atoms with Crippen LogP contribution < -0.4 is 10.1 Å². The molecular weight excluding hydrogens is 417 g/mol. The Morgan fingerprint density at radius 3 is 2.50 bits per heavy atom. The number of ether oxygens (including phenoxy) is 1. The van der Waals surface area contributed by atoms with Crippen LogP contribution in [0.4, 0.5) is 13.2 Å². The van der Waals surface area contributed by atoms with Gasteiger partial charge in [-0.15, -0.1) is 0 Å². The summed E-state index contributed by atoms with van der Waals surface area (Å²) in [4.78, 5) is 15.1. The Morgan fingerprint density at radius 1 is 1.27 bits per heavy atom. The third-order valence-corrected chi connectivity index (χ3v) is 5.04. The van der Waals surface area contributed by atoms with Crippen LogP contribution in [-0.2, 0) is 6.54 Å². The maximum atomic E-state index is 12.8. The fourth-order valence-corrected chi connectivity index (χ4v) is 3.47. The molecule has 0 saturated carbocycles. The SMILES string of the molecule is C=C(/C=C\C(=C/C)NC(=O)c1cc(Cl)cc(CN2CCCCC2)c1OC)C(F)(F)F. The van der Waals surface area contributed by atoms with E-state index in [1.165, 1.54) is 25.7 Å². The van der Waals surface area contributed by atoms with Crippen LogP contribution in [0.15, 0.2) is 48.2 Å². The van der Waals surface area contributed by atoms with E-state index in [1.807, 2.05) is 0 Å². The molecule has 1 amide bonds. The van der Waals surface area contributed by atoms with Gasteiger partial charge < -0.3 is 10.1 Å². The summed E-state index contributed by atoms with van der Waals surface area (Å²) in [6, 6.07) is 3.26. The largest absolute Gasteiger partial charge is 0.496 e. The molecule has 1 aromatic rings. The number of hydrogen-bond donors (Lipinski definition) is 1. The van der Waals surface area contributed by atoms with Crippen molar-refractivity contribution >= 4 is 17.5 Å². The summed E-state index contributed by atoms with van der Waals surface area (Å²) in [7, 11) is 1.48. The molecule has 1 N–H and O–H groups in total. The van der Waals surface area contributed by atoms with E-state index in [1.54, 1.807) is 13.0 Å². The fraction of sp³-hybridized carbons (Fsp3) is 0.409. The van der Waals surface area contributed by atoms with Crippen molar-refractivity contribution in [1.82, 2.24) is 10.2 Å². The van der Waals surface area contributed by atoms with Crippen LogP contribution in [0.2, 0.25) is 5.02 Å². The molecule has 0 aromatic heterocycles. The highest BCUT2D eigenvalue weighted by atomic mass is 35.5. The van der Waals surface area contributed by atoms with E-state index in [4.69, 9.17) is 16.3 Å². The van der Waals surface area contributed by atoms with Crippen LogP contribution >= 0.6 is 11.6 Å². The first kappa shape index (κ1) is 24.0. The van der Waals surface area contributed by atoms with Crippen molar-refractivity contribution in [3.05, 3.63) is 64.4 Å². The van der Waals surface area contributed by atoms with Crippen molar-refractivity contribution in [2.75, 3.05) is 20.2 Å². The molecular formula is C22H26ClF3N2O2. The minimum Gasteiger partial charge on any atom is -0.496 e. The van der Waals surface area contributed by atoms with Crippen LogP contribution in [0.25, 0.3) is 0 Å². The van der Waals surface area contributed by atoms with Crippen LogP contribution in [0.5, 0.6) is 5.75 Å². The van der Waals surface area contributed by atoms with E-state index in [0.29, 0.717) is 17.3 Å². The third kappa shape index (κ3) is 6.64. The van der Waals surface area contributed by atoms with E-state index in [2.05, 4.69) is 16.8 Å². The molecule has 1 aromatic carbocycles. The van der Waals surface area contributed by atoms with Crippen LogP contribution in [0, 0.1) is 0 Å². The number of methoxy groups -OCH3 is 1. The smallest absolute Gasteiger partial charge is 0.415 e. The number of nitrogens with zero attached hydrogens (tertiary/aromatic N) is 1. The van der Waals surface area contributed by atoms with Gasteiger partial charge in [0.2, 0.25) is 0 Å². The summed E-state index contributed by atoms with van der Waals surface area (Å²) >= 11 is 6.24. The molecule has 1 aliphatic rings. The molecule has 0 aliphatic carbocycles. The monoisotopic (exact) mass is 442 g/mol. The number of allylic oxidation sites excluding steroid dienone is 4. The fourth-order valence-electron chi connectivity index (χ4n) is 3.23. The van der Waals surface area contributed by atoms with Crippen molar-refractivity contribution in [3.63, 3.8) is 0 Å². The van der Waals surface area contributed by atoms with E-state index in [9.17, 15) is 18.0 Å². The first-order chi connectivity index (χ1) is 14.2. The first-order valence-corrected chi connectivity index (χ1v) is 10.0. The number of benzene rings is 1. The molecule has 30 heavy (non-hydrogen) atoms. The average Bonchev–Trinajstić information content (AvgIpc) is 2.70. The summed E-state index contributed by atoms with van der Waals surface area (Å²) in [5.74, 6) is -0.119. The van der Waals surface area contributed by atoms with Crippen molar-refractivity contribution < 1.29 is 22.7 Å². The number of amides is 1. The number of carbonyl (C=O) groups is 1. The summed E-state index contributed by atoms with van der Waals surface area (Å²) < 4.78 is 43.4. The molecule has 2 rings (SSSR count). The lowest BCUT2D eigenvalue weighted by Gasteiger charge is -2.27. The van der Waals surface area contributed by atoms with Crippen molar-refractivity contribution in [2.45, 2.75) is 38.9 Å². The second-order valence-electron chi connectivity index (χ2n) is 7.04. The Labute approximate surface area is 180 Å². The molecule has 1 aliphatic heterocycles. The number of alkyl halides is 3. The zero-order valence-corrected chi connectivity index (χ0v) is 17.9. The van der Waals surface area contributed by atoms with Gasteiger partial charge in [-0.05, 0) is 57.1 Å². The maximum Gasteiger partial charge on any atom is 0.415 e. The molecule has 0 unspecified atom stereocenters. The first-order valence-electron chi connectivity index (χ1n) is 9.66. The van der Waals surface area contributed by atoms with E-state index < -0.39 is 17.7 Å². The topological polar surface area (TPSA) is 41.6 Å². The molecule has 4 nitrogen and oxygen atoms in total. The van der Waals surface area contributed by atoms with E-state index in [-0.39, 0.29) is 11.3 Å². The third-order valence-electron chi connectivity index (χ3n) is 4.82. The molecule has 1 saturated heterocycles. The summed E-state index contributed by atoms with van der Waals surface area (Å²) in [5, 5.41) is 2.98. The highest BCUT2D eigenvalue weighted by Crippen LogP contribution is 2.30. The van der Waals surface area contributed by atoms with Crippen molar-refractivity contribution in [3.8, 4) is 5.75 Å². The lowest BCUT2D eigenvalue weighted by molar-refractivity contribution is -0.0878. The van der Waals surface area contributed by atoms with Crippen LogP contribution in [0.1, 0.15) is 42.1 Å². The normalized spacial score (nSPS) is 16.0. The van der Waals surface area contributed by atoms with Gasteiger partial charge in [-0.2, -0.15) is 13.2 Å². The van der Waals surface area contributed by atoms with Gasteiger partial charge in [0.15, 0.2) is 0 Å². The lowest BCUT2D eigenvalue weighted by atomic mass is 10.0. The predicted molar refractivity (Wildman–Crippen MR) is 113 cm³/mol. The number of likely N-dealkylation sites (tertiary alicyclic amines) is 1. The van der Waals surface area contributed by atoms with Gasteiger partial charge in [0.1, 0.15) is 5.75 Å². The Bertz CT molecular complexity index is 842. The van der Waals surface area contributed by atoms with E-state index in [0.717, 1.165) is 43.6 Å². The zero-order chi connectivity index (χ0) is 22.3. The summed E-state index contributed by atoms with van der Waals surface area (Å²) in [6.45, 7) is 7.12. The van der Waals surface area contributed by atoms with Gasteiger partial charge in [-0.3, -0.25) is 9.69 Å². The molecule has 1 fully saturated rings. The molecule has 0 atom stereocenters. The highest BCUT2D eigenvalue weighted by Gasteiger charge is 2.29. The van der Waals surface area contributed by atoms with Gasteiger partial charge in [0.05, 0.1) is 12.7 Å². The molecule has 0 spiro atoms. The number of rotatable bonds is 7. The number of halogens is 4. The minimum absolute atomic E-state index is 0.199. The Balaban J connectivity index is 2.23. The van der Waals surface area contributed by atoms with Crippen molar-refractivity contribution in [2.24, 2.45) is 0 Å². The average molecular weight is 443 g/mol. The second-order valence-corrected chi connectivity index (χ2v) is 7.47. The van der Waals surface area contributed by atoms with Crippen LogP contribution in [-0.4, -0.2) is 37.2 Å². The Kier molecular flexibility index (Phi) is 8.55. The predicted octanol–water partition coefficient (Wildman–Crippen LogP) is 5.64. The van der Waals surface area contributed by atoms with E-state index >= 15 is 0 Å². The molecule has 8 heteroatoms. The maximum absolute atomic E-state index is 12.8. The minimum atomic E-state index is -4.53. The standard InChI is InChI=1S/C22H26ClF3N2O2/c1-4-18(9-8-15(2)22(24,25)26)27-21(29)19-13-17(23)12-16(20(19)30-3)14-28-10-6-5-7-11-28/h4,8-9,12-13H,2,5-7,10-11,14H2,1,3H3,(H,27,29)/b9-8-,18-4+. The van der Waals surface area contributed by atoms with Crippen molar-refractivity contribution in [1.29, 1.82) is 0 Å². The molecule has 0 bridgehead atoms. The quantitative estimate of drug-likeness (QED) is 0.555. The summed E-state index contributed by atoms with van der Waals surface area (Å²) in [5.41, 5.74) is 0.199. The molecule has 1 heterocycles. The van der Waals surface area contributed by atoms with Gasteiger partial charge >= 0.3 is 6.18 Å².